The van der Waals surface area contributed by atoms with Crippen LogP contribution in [0.25, 0.3) is 0 Å². The third kappa shape index (κ3) is 3.44. The average molecular weight is 317 g/mol. The van der Waals surface area contributed by atoms with Crippen LogP contribution in [0.5, 0.6) is 5.75 Å². The summed E-state index contributed by atoms with van der Waals surface area (Å²) in [6.07, 6.45) is 2.69. The van der Waals surface area contributed by atoms with E-state index in [1.165, 1.54) is 12.1 Å². The van der Waals surface area contributed by atoms with Crippen molar-refractivity contribution in [3.05, 3.63) is 28.2 Å². The Kier molecular flexibility index (Phi) is 4.89. The third-order valence-electron chi connectivity index (χ3n) is 3.49. The first kappa shape index (κ1) is 15.1. The maximum absolute atomic E-state index is 12.1. The highest BCUT2D eigenvalue weighted by Crippen LogP contribution is 2.33. The molecule has 4 nitrogen and oxygen atoms in total. The van der Waals surface area contributed by atoms with Gasteiger partial charge < -0.3 is 9.84 Å². The molecule has 0 saturated heterocycles. The average Bonchev–Trinajstić information content (AvgIpc) is 2.41. The lowest BCUT2D eigenvalue weighted by Crippen LogP contribution is -2.35. The van der Waals surface area contributed by atoms with Gasteiger partial charge in [0.05, 0.1) is 16.9 Å². The number of hydrogen-bond acceptors (Lipinski definition) is 3. The van der Waals surface area contributed by atoms with Crippen LogP contribution < -0.4 is 4.74 Å². The first-order valence-electron chi connectivity index (χ1n) is 6.38. The summed E-state index contributed by atoms with van der Waals surface area (Å²) in [4.78, 5) is 23.3. The highest BCUT2D eigenvalue weighted by Gasteiger charge is 2.37. The van der Waals surface area contributed by atoms with Crippen molar-refractivity contribution in [3.63, 3.8) is 0 Å². The van der Waals surface area contributed by atoms with E-state index in [2.05, 4.69) is 0 Å². The van der Waals surface area contributed by atoms with Gasteiger partial charge >= 0.3 is 11.9 Å². The van der Waals surface area contributed by atoms with Gasteiger partial charge in [-0.15, -0.1) is 0 Å². The Morgan fingerprint density at radius 1 is 1.15 bits per heavy atom. The lowest BCUT2D eigenvalue weighted by molar-refractivity contribution is -0.154. The fraction of sp³-hybridized carbons (Fsp3) is 0.429. The first-order chi connectivity index (χ1) is 9.49. The SMILES string of the molecule is O=C(O)[C@@H]1CCCC[C@H]1C(=O)Oc1ccc(Cl)cc1Cl. The molecule has 1 fully saturated rings. The summed E-state index contributed by atoms with van der Waals surface area (Å²) in [5.41, 5.74) is 0. The van der Waals surface area contributed by atoms with E-state index in [0.717, 1.165) is 12.8 Å². The van der Waals surface area contributed by atoms with Crippen molar-refractivity contribution in [3.8, 4) is 5.75 Å². The number of benzene rings is 1. The Morgan fingerprint density at radius 3 is 2.40 bits per heavy atom. The Balaban J connectivity index is 2.12. The zero-order valence-electron chi connectivity index (χ0n) is 10.6. The topological polar surface area (TPSA) is 63.6 Å². The summed E-state index contributed by atoms with van der Waals surface area (Å²) in [5, 5.41) is 9.83. The first-order valence-corrected chi connectivity index (χ1v) is 7.14. The number of carboxylic acid groups (broad SMARTS) is 1. The molecule has 0 radical (unpaired) electrons. The molecule has 1 aliphatic carbocycles. The smallest absolute Gasteiger partial charge is 0.315 e. The number of aliphatic carboxylic acids is 1. The van der Waals surface area contributed by atoms with Gasteiger partial charge in [-0.1, -0.05) is 36.0 Å². The largest absolute Gasteiger partial charge is 0.481 e. The molecule has 1 aromatic carbocycles. The molecule has 20 heavy (non-hydrogen) atoms. The van der Waals surface area contributed by atoms with Crippen molar-refractivity contribution in [2.24, 2.45) is 11.8 Å². The van der Waals surface area contributed by atoms with E-state index in [0.29, 0.717) is 17.9 Å². The molecule has 0 unspecified atom stereocenters. The van der Waals surface area contributed by atoms with Crippen LogP contribution >= 0.6 is 23.2 Å². The van der Waals surface area contributed by atoms with Crippen molar-refractivity contribution in [2.75, 3.05) is 0 Å². The van der Waals surface area contributed by atoms with Gasteiger partial charge in [0.25, 0.3) is 0 Å². The van der Waals surface area contributed by atoms with Crippen molar-refractivity contribution < 1.29 is 19.4 Å². The Labute approximate surface area is 126 Å². The second kappa shape index (κ2) is 6.46. The summed E-state index contributed by atoms with van der Waals surface area (Å²) in [6.45, 7) is 0. The summed E-state index contributed by atoms with van der Waals surface area (Å²) in [5.74, 6) is -2.58. The lowest BCUT2D eigenvalue weighted by Gasteiger charge is -2.26. The molecule has 0 spiro atoms. The van der Waals surface area contributed by atoms with Gasteiger partial charge in [0.15, 0.2) is 0 Å². The van der Waals surface area contributed by atoms with Gasteiger partial charge in [-0.25, -0.2) is 0 Å². The number of rotatable bonds is 3. The van der Waals surface area contributed by atoms with Crippen LogP contribution in [0.3, 0.4) is 0 Å². The number of carbonyl (C=O) groups is 2. The summed E-state index contributed by atoms with van der Waals surface area (Å²) in [7, 11) is 0. The maximum Gasteiger partial charge on any atom is 0.315 e. The zero-order chi connectivity index (χ0) is 14.7. The lowest BCUT2D eigenvalue weighted by atomic mass is 9.79. The van der Waals surface area contributed by atoms with Gasteiger partial charge in [-0.05, 0) is 31.0 Å². The molecule has 2 atom stereocenters. The molecule has 108 valence electrons. The zero-order valence-corrected chi connectivity index (χ0v) is 12.2. The number of carboxylic acids is 1. The van der Waals surface area contributed by atoms with Crippen LogP contribution in [0.1, 0.15) is 25.7 Å². The number of halogens is 2. The quantitative estimate of drug-likeness (QED) is 0.680. The predicted molar refractivity (Wildman–Crippen MR) is 75.2 cm³/mol. The predicted octanol–water partition coefficient (Wildman–Crippen LogP) is 3.79. The second-order valence-electron chi connectivity index (χ2n) is 4.83. The molecule has 0 amide bonds. The molecule has 0 bridgehead atoms. The molecule has 1 aromatic rings. The monoisotopic (exact) mass is 316 g/mol. The van der Waals surface area contributed by atoms with E-state index in [-0.39, 0.29) is 10.8 Å². The molecule has 1 aliphatic rings. The molecule has 0 aliphatic heterocycles. The molecule has 0 aromatic heterocycles. The normalized spacial score (nSPS) is 22.3. The van der Waals surface area contributed by atoms with Crippen molar-refractivity contribution in [2.45, 2.75) is 25.7 Å². The molecule has 2 rings (SSSR count). The number of carbonyl (C=O) groups excluding carboxylic acids is 1. The highest BCUT2D eigenvalue weighted by molar-refractivity contribution is 6.35. The van der Waals surface area contributed by atoms with Crippen LogP contribution in [0, 0.1) is 11.8 Å². The Morgan fingerprint density at radius 2 is 1.80 bits per heavy atom. The van der Waals surface area contributed by atoms with E-state index < -0.39 is 23.8 Å². The Bertz CT molecular complexity index is 530. The van der Waals surface area contributed by atoms with Crippen molar-refractivity contribution >= 4 is 35.1 Å². The van der Waals surface area contributed by atoms with Gasteiger partial charge in [-0.3, -0.25) is 9.59 Å². The molecule has 1 saturated carbocycles. The molecular formula is C14H14Cl2O4. The van der Waals surface area contributed by atoms with Crippen LogP contribution in [-0.2, 0) is 9.59 Å². The minimum absolute atomic E-state index is 0.204. The van der Waals surface area contributed by atoms with Crippen LogP contribution in [0.15, 0.2) is 18.2 Å². The van der Waals surface area contributed by atoms with E-state index >= 15 is 0 Å². The standard InChI is InChI=1S/C14H14Cl2O4/c15-8-5-6-12(11(16)7-8)20-14(19)10-4-2-1-3-9(10)13(17)18/h5-7,9-10H,1-4H2,(H,17,18)/t9-,10-/m1/s1. The van der Waals surface area contributed by atoms with Crippen molar-refractivity contribution in [1.82, 2.24) is 0 Å². The third-order valence-corrected chi connectivity index (χ3v) is 4.02. The number of hydrogen-bond donors (Lipinski definition) is 1. The minimum atomic E-state index is -0.950. The summed E-state index contributed by atoms with van der Waals surface area (Å²) < 4.78 is 5.23. The Hall–Kier alpha value is -1.26. The minimum Gasteiger partial charge on any atom is -0.481 e. The number of esters is 1. The van der Waals surface area contributed by atoms with E-state index in [1.807, 2.05) is 0 Å². The highest BCUT2D eigenvalue weighted by atomic mass is 35.5. The molecule has 6 heteroatoms. The van der Waals surface area contributed by atoms with Crippen molar-refractivity contribution in [1.29, 1.82) is 0 Å². The fourth-order valence-electron chi connectivity index (χ4n) is 2.45. The van der Waals surface area contributed by atoms with Gasteiger partial charge in [0.2, 0.25) is 0 Å². The molecular weight excluding hydrogens is 303 g/mol. The van der Waals surface area contributed by atoms with Gasteiger partial charge in [0.1, 0.15) is 5.75 Å². The molecule has 1 N–H and O–H groups in total. The van der Waals surface area contributed by atoms with Crippen LogP contribution in [0.2, 0.25) is 10.0 Å². The molecule has 0 heterocycles. The van der Waals surface area contributed by atoms with Crippen LogP contribution in [-0.4, -0.2) is 17.0 Å². The summed E-state index contributed by atoms with van der Waals surface area (Å²) in [6, 6.07) is 4.54. The van der Waals surface area contributed by atoms with Crippen LogP contribution in [0.4, 0.5) is 0 Å². The van der Waals surface area contributed by atoms with E-state index in [4.69, 9.17) is 33.0 Å². The van der Waals surface area contributed by atoms with E-state index in [1.54, 1.807) is 6.07 Å². The number of ether oxygens (including phenoxy) is 1. The summed E-state index contributed by atoms with van der Waals surface area (Å²) >= 11 is 11.7. The second-order valence-corrected chi connectivity index (χ2v) is 5.68. The van der Waals surface area contributed by atoms with E-state index in [9.17, 15) is 9.59 Å². The van der Waals surface area contributed by atoms with Gasteiger partial charge in [-0.2, -0.15) is 0 Å². The van der Waals surface area contributed by atoms with Gasteiger partial charge in [0, 0.05) is 5.02 Å². The maximum atomic E-state index is 12.1. The fourth-order valence-corrected chi connectivity index (χ4v) is 2.90.